The van der Waals surface area contributed by atoms with Crippen LogP contribution in [0.1, 0.15) is 18.1 Å². The van der Waals surface area contributed by atoms with Gasteiger partial charge in [0.25, 0.3) is 0 Å². The highest BCUT2D eigenvalue weighted by Crippen LogP contribution is 2.06. The molecule has 2 nitrogen and oxygen atoms in total. The molecular formula is C11H17NO. The number of hydrogen-bond acceptors (Lipinski definition) is 2. The molecule has 1 unspecified atom stereocenters. The quantitative estimate of drug-likeness (QED) is 0.764. The van der Waals surface area contributed by atoms with Gasteiger partial charge in [0.2, 0.25) is 0 Å². The van der Waals surface area contributed by atoms with Crippen molar-refractivity contribution in [3.05, 3.63) is 35.4 Å². The fourth-order valence-electron chi connectivity index (χ4n) is 1.31. The van der Waals surface area contributed by atoms with Crippen molar-refractivity contribution >= 4 is 0 Å². The third-order valence-corrected chi connectivity index (χ3v) is 1.89. The zero-order valence-corrected chi connectivity index (χ0v) is 8.29. The van der Waals surface area contributed by atoms with Crippen LogP contribution in [0.2, 0.25) is 0 Å². The number of hydrogen-bond donors (Lipinski definition) is 1. The highest BCUT2D eigenvalue weighted by molar-refractivity contribution is 5.22. The van der Waals surface area contributed by atoms with Gasteiger partial charge in [0.1, 0.15) is 0 Å². The van der Waals surface area contributed by atoms with E-state index in [1.54, 1.807) is 7.11 Å². The maximum absolute atomic E-state index is 5.70. The molecule has 0 aliphatic carbocycles. The van der Waals surface area contributed by atoms with Crippen molar-refractivity contribution in [3.63, 3.8) is 0 Å². The maximum Gasteiger partial charge on any atom is 0.0713 e. The van der Waals surface area contributed by atoms with Crippen molar-refractivity contribution in [2.45, 2.75) is 26.0 Å². The second-order valence-corrected chi connectivity index (χ2v) is 3.43. The first-order valence-corrected chi connectivity index (χ1v) is 4.54. The molecule has 2 heteroatoms. The van der Waals surface area contributed by atoms with Crippen LogP contribution in [0.3, 0.4) is 0 Å². The first kappa shape index (κ1) is 10.2. The summed E-state index contributed by atoms with van der Waals surface area (Å²) in [6.07, 6.45) is 0.938. The van der Waals surface area contributed by atoms with E-state index in [0.717, 1.165) is 6.42 Å². The molecule has 1 aromatic carbocycles. The highest BCUT2D eigenvalue weighted by Gasteiger charge is 1.97. The summed E-state index contributed by atoms with van der Waals surface area (Å²) in [6, 6.07) is 8.62. The molecule has 0 amide bonds. The van der Waals surface area contributed by atoms with Gasteiger partial charge in [-0.2, -0.15) is 0 Å². The molecule has 0 aliphatic heterocycles. The van der Waals surface area contributed by atoms with E-state index in [-0.39, 0.29) is 6.04 Å². The molecule has 0 saturated carbocycles. The van der Waals surface area contributed by atoms with Gasteiger partial charge in [-0.15, -0.1) is 0 Å². The summed E-state index contributed by atoms with van der Waals surface area (Å²) in [5.41, 5.74) is 8.19. The summed E-state index contributed by atoms with van der Waals surface area (Å²) in [5.74, 6) is 0. The lowest BCUT2D eigenvalue weighted by Gasteiger charge is -2.05. The summed E-state index contributed by atoms with van der Waals surface area (Å²) < 4.78 is 5.02. The number of methoxy groups -OCH3 is 1. The van der Waals surface area contributed by atoms with Gasteiger partial charge in [0, 0.05) is 13.2 Å². The van der Waals surface area contributed by atoms with E-state index in [1.807, 2.05) is 6.92 Å². The molecule has 0 aromatic heterocycles. The Hall–Kier alpha value is -0.860. The molecule has 13 heavy (non-hydrogen) atoms. The van der Waals surface area contributed by atoms with E-state index in [9.17, 15) is 0 Å². The van der Waals surface area contributed by atoms with Gasteiger partial charge in [0.15, 0.2) is 0 Å². The molecule has 1 atom stereocenters. The third-order valence-electron chi connectivity index (χ3n) is 1.89. The summed E-state index contributed by atoms with van der Waals surface area (Å²) in [6.45, 7) is 2.70. The van der Waals surface area contributed by atoms with Gasteiger partial charge in [-0.1, -0.05) is 24.3 Å². The fraction of sp³-hybridized carbons (Fsp3) is 0.455. The van der Waals surface area contributed by atoms with E-state index < -0.39 is 0 Å². The predicted molar refractivity (Wildman–Crippen MR) is 54.5 cm³/mol. The van der Waals surface area contributed by atoms with Crippen LogP contribution in [0, 0.1) is 0 Å². The Bertz CT molecular complexity index is 241. The molecule has 1 rings (SSSR count). The van der Waals surface area contributed by atoms with Crippen molar-refractivity contribution in [2.24, 2.45) is 5.73 Å². The molecule has 0 fully saturated rings. The Morgan fingerprint density at radius 1 is 1.23 bits per heavy atom. The van der Waals surface area contributed by atoms with E-state index in [4.69, 9.17) is 10.5 Å². The standard InChI is InChI=1S/C11H17NO/c1-9(12)7-10-3-5-11(6-4-10)8-13-2/h3-6,9H,7-8,12H2,1-2H3. The summed E-state index contributed by atoms with van der Waals surface area (Å²) in [4.78, 5) is 0. The number of ether oxygens (including phenoxy) is 1. The van der Waals surface area contributed by atoms with Crippen molar-refractivity contribution in [1.29, 1.82) is 0 Å². The Morgan fingerprint density at radius 2 is 1.77 bits per heavy atom. The Balaban J connectivity index is 2.59. The molecule has 1 aromatic rings. The van der Waals surface area contributed by atoms with Crippen molar-refractivity contribution in [1.82, 2.24) is 0 Å². The smallest absolute Gasteiger partial charge is 0.0713 e. The van der Waals surface area contributed by atoms with Crippen molar-refractivity contribution in [2.75, 3.05) is 7.11 Å². The molecule has 0 heterocycles. The first-order chi connectivity index (χ1) is 6.22. The van der Waals surface area contributed by atoms with Crippen LogP contribution >= 0.6 is 0 Å². The van der Waals surface area contributed by atoms with Crippen LogP contribution in [0.25, 0.3) is 0 Å². The molecule has 0 bridgehead atoms. The molecule has 0 saturated heterocycles. The molecule has 2 N–H and O–H groups in total. The fourth-order valence-corrected chi connectivity index (χ4v) is 1.31. The normalized spacial score (nSPS) is 12.8. The zero-order valence-electron chi connectivity index (χ0n) is 8.29. The Labute approximate surface area is 79.7 Å². The third kappa shape index (κ3) is 3.57. The second kappa shape index (κ2) is 5.00. The van der Waals surface area contributed by atoms with E-state index >= 15 is 0 Å². The van der Waals surface area contributed by atoms with E-state index in [0.29, 0.717) is 6.61 Å². The second-order valence-electron chi connectivity index (χ2n) is 3.43. The molecule has 0 radical (unpaired) electrons. The van der Waals surface area contributed by atoms with Crippen LogP contribution in [-0.2, 0) is 17.8 Å². The summed E-state index contributed by atoms with van der Waals surface area (Å²) in [7, 11) is 1.70. The monoisotopic (exact) mass is 179 g/mol. The lowest BCUT2D eigenvalue weighted by Crippen LogP contribution is -2.17. The Kier molecular flexibility index (Phi) is 3.93. The average molecular weight is 179 g/mol. The van der Waals surface area contributed by atoms with Crippen LogP contribution in [0.4, 0.5) is 0 Å². The summed E-state index contributed by atoms with van der Waals surface area (Å²) >= 11 is 0. The van der Waals surface area contributed by atoms with Gasteiger partial charge in [-0.25, -0.2) is 0 Å². The van der Waals surface area contributed by atoms with Gasteiger partial charge >= 0.3 is 0 Å². The highest BCUT2D eigenvalue weighted by atomic mass is 16.5. The van der Waals surface area contributed by atoms with E-state index in [1.165, 1.54) is 11.1 Å². The lowest BCUT2D eigenvalue weighted by atomic mass is 10.1. The van der Waals surface area contributed by atoms with Crippen LogP contribution in [0.5, 0.6) is 0 Å². The van der Waals surface area contributed by atoms with Gasteiger partial charge < -0.3 is 10.5 Å². The molecule has 72 valence electrons. The van der Waals surface area contributed by atoms with Crippen molar-refractivity contribution in [3.8, 4) is 0 Å². The number of rotatable bonds is 4. The molecular weight excluding hydrogens is 162 g/mol. The largest absolute Gasteiger partial charge is 0.380 e. The number of nitrogens with two attached hydrogens (primary N) is 1. The van der Waals surface area contributed by atoms with E-state index in [2.05, 4.69) is 24.3 Å². The SMILES string of the molecule is COCc1ccc(CC(C)N)cc1. The van der Waals surface area contributed by atoms with Gasteiger partial charge in [-0.05, 0) is 24.5 Å². The minimum atomic E-state index is 0.230. The first-order valence-electron chi connectivity index (χ1n) is 4.54. The van der Waals surface area contributed by atoms with Crippen LogP contribution < -0.4 is 5.73 Å². The zero-order chi connectivity index (χ0) is 9.68. The lowest BCUT2D eigenvalue weighted by molar-refractivity contribution is 0.185. The van der Waals surface area contributed by atoms with Crippen molar-refractivity contribution < 1.29 is 4.74 Å². The Morgan fingerprint density at radius 3 is 2.23 bits per heavy atom. The van der Waals surface area contributed by atoms with Gasteiger partial charge in [-0.3, -0.25) is 0 Å². The average Bonchev–Trinajstić information content (AvgIpc) is 2.08. The predicted octanol–water partition coefficient (Wildman–Crippen LogP) is 1.72. The molecule has 0 aliphatic rings. The van der Waals surface area contributed by atoms with Crippen LogP contribution in [-0.4, -0.2) is 13.2 Å². The van der Waals surface area contributed by atoms with Gasteiger partial charge in [0.05, 0.1) is 6.61 Å². The molecule has 0 spiro atoms. The number of benzene rings is 1. The topological polar surface area (TPSA) is 35.2 Å². The minimum Gasteiger partial charge on any atom is -0.380 e. The summed E-state index contributed by atoms with van der Waals surface area (Å²) in [5, 5.41) is 0. The van der Waals surface area contributed by atoms with Crippen LogP contribution in [0.15, 0.2) is 24.3 Å². The minimum absolute atomic E-state index is 0.230. The maximum atomic E-state index is 5.70.